The number of nitrogens with one attached hydrogen (secondary N) is 1. The highest BCUT2D eigenvalue weighted by atomic mass is 16.5. The molecule has 0 aromatic heterocycles. The van der Waals surface area contributed by atoms with E-state index < -0.39 is 0 Å². The van der Waals surface area contributed by atoms with Gasteiger partial charge in [-0.1, -0.05) is 27.2 Å². The molecule has 0 aromatic rings. The number of carbonyl (C=O) groups is 1. The fraction of sp³-hybridized carbons (Fsp3) is 0.909. The van der Waals surface area contributed by atoms with Gasteiger partial charge in [-0.2, -0.15) is 0 Å². The lowest BCUT2D eigenvalue weighted by atomic mass is 9.87. The van der Waals surface area contributed by atoms with E-state index in [1.165, 1.54) is 6.42 Å². The van der Waals surface area contributed by atoms with Crippen molar-refractivity contribution in [3.63, 3.8) is 0 Å². The number of morpholine rings is 1. The molecule has 3 heteroatoms. The van der Waals surface area contributed by atoms with Crippen molar-refractivity contribution in [2.45, 2.75) is 45.6 Å². The maximum atomic E-state index is 11.0. The summed E-state index contributed by atoms with van der Waals surface area (Å²) >= 11 is 0. The Labute approximate surface area is 86.2 Å². The zero-order valence-corrected chi connectivity index (χ0v) is 9.43. The molecule has 0 aliphatic carbocycles. The lowest BCUT2D eigenvalue weighted by Crippen LogP contribution is -2.52. The molecule has 0 saturated carbocycles. The molecule has 1 N–H and O–H groups in total. The van der Waals surface area contributed by atoms with Crippen molar-refractivity contribution in [2.24, 2.45) is 5.92 Å². The molecule has 1 saturated heterocycles. The van der Waals surface area contributed by atoms with E-state index in [0.717, 1.165) is 12.8 Å². The van der Waals surface area contributed by atoms with E-state index in [4.69, 9.17) is 4.74 Å². The second-order valence-corrected chi connectivity index (χ2v) is 4.32. The van der Waals surface area contributed by atoms with Crippen LogP contribution in [0.25, 0.3) is 0 Å². The maximum absolute atomic E-state index is 11.0. The molecule has 82 valence electrons. The molecule has 0 aromatic carbocycles. The average Bonchev–Trinajstić information content (AvgIpc) is 2.22. The molecule has 14 heavy (non-hydrogen) atoms. The van der Waals surface area contributed by atoms with Crippen LogP contribution in [0.4, 0.5) is 0 Å². The van der Waals surface area contributed by atoms with E-state index >= 15 is 0 Å². The third kappa shape index (κ3) is 2.71. The minimum atomic E-state index is -0.108. The summed E-state index contributed by atoms with van der Waals surface area (Å²) in [6.45, 7) is 7.45. The van der Waals surface area contributed by atoms with E-state index in [-0.39, 0.29) is 18.1 Å². The molecule has 2 atom stereocenters. The number of hydrogen-bond donors (Lipinski definition) is 1. The minimum Gasteiger partial charge on any atom is -0.363 e. The van der Waals surface area contributed by atoms with Gasteiger partial charge in [0.05, 0.1) is 5.60 Å². The predicted molar refractivity (Wildman–Crippen MR) is 56.1 cm³/mol. The number of carbonyl (C=O) groups excluding carboxylic acids is 1. The first kappa shape index (κ1) is 11.5. The van der Waals surface area contributed by atoms with Gasteiger partial charge in [0, 0.05) is 6.54 Å². The van der Waals surface area contributed by atoms with Crippen molar-refractivity contribution >= 4 is 5.91 Å². The van der Waals surface area contributed by atoms with Gasteiger partial charge in [0.15, 0.2) is 0 Å². The summed E-state index contributed by atoms with van der Waals surface area (Å²) < 4.78 is 5.69. The van der Waals surface area contributed by atoms with E-state index in [2.05, 4.69) is 26.1 Å². The van der Waals surface area contributed by atoms with Crippen molar-refractivity contribution in [2.75, 3.05) is 13.2 Å². The predicted octanol–water partition coefficient (Wildman–Crippen LogP) is 1.72. The van der Waals surface area contributed by atoms with Crippen LogP contribution in [0.1, 0.15) is 40.0 Å². The van der Waals surface area contributed by atoms with Crippen molar-refractivity contribution in [3.05, 3.63) is 0 Å². The van der Waals surface area contributed by atoms with Gasteiger partial charge in [-0.25, -0.2) is 0 Å². The van der Waals surface area contributed by atoms with Crippen LogP contribution in [0.3, 0.4) is 0 Å². The highest BCUT2D eigenvalue weighted by Crippen LogP contribution is 2.27. The highest BCUT2D eigenvalue weighted by Gasteiger charge is 2.34. The zero-order valence-electron chi connectivity index (χ0n) is 9.43. The molecule has 1 fully saturated rings. The van der Waals surface area contributed by atoms with Gasteiger partial charge in [-0.05, 0) is 18.8 Å². The molecule has 0 radical (unpaired) electrons. The first-order valence-electron chi connectivity index (χ1n) is 5.52. The summed E-state index contributed by atoms with van der Waals surface area (Å²) in [6.07, 6.45) is 3.18. The molecular weight excluding hydrogens is 178 g/mol. The Bertz CT molecular complexity index is 193. The van der Waals surface area contributed by atoms with Gasteiger partial charge >= 0.3 is 0 Å². The van der Waals surface area contributed by atoms with E-state index in [9.17, 15) is 4.79 Å². The first-order chi connectivity index (χ1) is 6.62. The first-order valence-corrected chi connectivity index (χ1v) is 5.52. The fourth-order valence-electron chi connectivity index (χ4n) is 1.86. The summed E-state index contributed by atoms with van der Waals surface area (Å²) in [6, 6.07) is 0. The van der Waals surface area contributed by atoms with Crippen LogP contribution in [-0.2, 0) is 9.53 Å². The standard InChI is InChI=1S/C11H21NO2/c1-4-9(3)6-11(5-2)8-12-10(13)7-14-11/h9H,4-8H2,1-3H3,(H,12,13). The fourth-order valence-corrected chi connectivity index (χ4v) is 1.86. The monoisotopic (exact) mass is 199 g/mol. The molecule has 2 unspecified atom stereocenters. The number of ether oxygens (including phenoxy) is 1. The average molecular weight is 199 g/mol. The molecular formula is C11H21NO2. The largest absolute Gasteiger partial charge is 0.363 e. The number of hydrogen-bond acceptors (Lipinski definition) is 2. The third-order valence-corrected chi connectivity index (χ3v) is 3.18. The summed E-state index contributed by atoms with van der Waals surface area (Å²) in [5.74, 6) is 0.670. The maximum Gasteiger partial charge on any atom is 0.246 e. The Morgan fingerprint density at radius 3 is 2.71 bits per heavy atom. The SMILES string of the molecule is CCC(C)CC1(CC)CNC(=O)CO1. The van der Waals surface area contributed by atoms with Crippen LogP contribution in [0.15, 0.2) is 0 Å². The Kier molecular flexibility index (Phi) is 3.93. The van der Waals surface area contributed by atoms with Gasteiger partial charge < -0.3 is 10.1 Å². The van der Waals surface area contributed by atoms with Crippen LogP contribution < -0.4 is 5.32 Å². The van der Waals surface area contributed by atoms with Crippen molar-refractivity contribution in [1.82, 2.24) is 5.32 Å². The van der Waals surface area contributed by atoms with Gasteiger partial charge in [-0.15, -0.1) is 0 Å². The molecule has 1 rings (SSSR count). The van der Waals surface area contributed by atoms with Crippen LogP contribution in [0.2, 0.25) is 0 Å². The normalized spacial score (nSPS) is 29.8. The van der Waals surface area contributed by atoms with E-state index in [1.807, 2.05) is 0 Å². The Morgan fingerprint density at radius 2 is 2.29 bits per heavy atom. The van der Waals surface area contributed by atoms with Gasteiger partial charge in [0.2, 0.25) is 5.91 Å². The molecule has 3 nitrogen and oxygen atoms in total. The number of amides is 1. The van der Waals surface area contributed by atoms with Gasteiger partial charge in [-0.3, -0.25) is 4.79 Å². The lowest BCUT2D eigenvalue weighted by Gasteiger charge is -2.38. The second-order valence-electron chi connectivity index (χ2n) is 4.32. The lowest BCUT2D eigenvalue weighted by molar-refractivity contribution is -0.146. The van der Waals surface area contributed by atoms with Crippen LogP contribution >= 0.6 is 0 Å². The third-order valence-electron chi connectivity index (χ3n) is 3.18. The molecule has 1 aliphatic rings. The Morgan fingerprint density at radius 1 is 1.57 bits per heavy atom. The topological polar surface area (TPSA) is 38.3 Å². The van der Waals surface area contributed by atoms with E-state index in [1.54, 1.807) is 0 Å². The molecule has 0 spiro atoms. The minimum absolute atomic E-state index is 0.0122. The number of rotatable bonds is 4. The smallest absolute Gasteiger partial charge is 0.246 e. The van der Waals surface area contributed by atoms with Gasteiger partial charge in [0.1, 0.15) is 6.61 Å². The highest BCUT2D eigenvalue weighted by molar-refractivity contribution is 5.77. The van der Waals surface area contributed by atoms with Crippen molar-refractivity contribution < 1.29 is 9.53 Å². The molecule has 1 heterocycles. The van der Waals surface area contributed by atoms with Crippen molar-refractivity contribution in [3.8, 4) is 0 Å². The van der Waals surface area contributed by atoms with Crippen molar-refractivity contribution in [1.29, 1.82) is 0 Å². The second kappa shape index (κ2) is 4.78. The summed E-state index contributed by atoms with van der Waals surface area (Å²) in [7, 11) is 0. The summed E-state index contributed by atoms with van der Waals surface area (Å²) in [5.41, 5.74) is -0.108. The summed E-state index contributed by atoms with van der Waals surface area (Å²) in [5, 5.41) is 2.89. The Balaban J connectivity index is 2.53. The van der Waals surface area contributed by atoms with E-state index in [0.29, 0.717) is 12.5 Å². The summed E-state index contributed by atoms with van der Waals surface area (Å²) in [4.78, 5) is 11.0. The van der Waals surface area contributed by atoms with Gasteiger partial charge in [0.25, 0.3) is 0 Å². The van der Waals surface area contributed by atoms with Crippen LogP contribution in [-0.4, -0.2) is 24.7 Å². The quantitative estimate of drug-likeness (QED) is 0.748. The zero-order chi connectivity index (χ0) is 10.6. The molecule has 1 amide bonds. The van der Waals surface area contributed by atoms with Crippen LogP contribution in [0.5, 0.6) is 0 Å². The Hall–Kier alpha value is -0.570. The molecule has 1 aliphatic heterocycles. The molecule has 0 bridgehead atoms. The van der Waals surface area contributed by atoms with Crippen LogP contribution in [0, 0.1) is 5.92 Å².